The van der Waals surface area contributed by atoms with Crippen LogP contribution in [-0.4, -0.2) is 75.7 Å². The van der Waals surface area contributed by atoms with Crippen molar-refractivity contribution >= 4 is 29.9 Å². The smallest absolute Gasteiger partial charge is 0.191 e. The van der Waals surface area contributed by atoms with Gasteiger partial charge in [-0.25, -0.2) is 0 Å². The average molecular weight is 489 g/mol. The summed E-state index contributed by atoms with van der Waals surface area (Å²) in [5.41, 5.74) is 1.17. The van der Waals surface area contributed by atoms with Crippen molar-refractivity contribution in [1.29, 1.82) is 0 Å². The number of guanidine groups is 1. The molecule has 1 aromatic carbocycles. The molecule has 0 aromatic heterocycles. The van der Waals surface area contributed by atoms with E-state index in [1.165, 1.54) is 5.56 Å². The van der Waals surface area contributed by atoms with Crippen LogP contribution in [0.3, 0.4) is 0 Å². The maximum atomic E-state index is 5.29. The van der Waals surface area contributed by atoms with Crippen LogP contribution in [0, 0.1) is 5.92 Å². The maximum absolute atomic E-state index is 5.29. The molecule has 0 aliphatic carbocycles. The first-order chi connectivity index (χ1) is 12.5. The Morgan fingerprint density at radius 3 is 2.48 bits per heavy atom. The molecule has 1 unspecified atom stereocenters. The van der Waals surface area contributed by atoms with Crippen molar-refractivity contribution in [3.8, 4) is 5.75 Å². The summed E-state index contributed by atoms with van der Waals surface area (Å²) >= 11 is 0. The minimum absolute atomic E-state index is 0. The minimum atomic E-state index is 0. The Labute approximate surface area is 181 Å². The van der Waals surface area contributed by atoms with E-state index in [-0.39, 0.29) is 24.0 Å². The molecule has 7 heteroatoms. The highest BCUT2D eigenvalue weighted by Crippen LogP contribution is 2.13. The maximum Gasteiger partial charge on any atom is 0.191 e. The topological polar surface area (TPSA) is 52.1 Å². The summed E-state index contributed by atoms with van der Waals surface area (Å²) in [5.74, 6) is 2.32. The predicted molar refractivity (Wildman–Crippen MR) is 124 cm³/mol. The SMILES string of the molecule is CN=C(NCc1cccc(OC)c1)NCC(C(C)C)N1CCN(C)CC1.I. The van der Waals surface area contributed by atoms with E-state index in [1.807, 2.05) is 25.2 Å². The monoisotopic (exact) mass is 489 g/mol. The number of rotatable bonds is 7. The van der Waals surface area contributed by atoms with E-state index in [1.54, 1.807) is 7.11 Å². The molecule has 1 aliphatic heterocycles. The Bertz CT molecular complexity index is 573. The van der Waals surface area contributed by atoms with Gasteiger partial charge in [-0.15, -0.1) is 24.0 Å². The van der Waals surface area contributed by atoms with Crippen LogP contribution in [0.2, 0.25) is 0 Å². The second-order valence-corrected chi connectivity index (χ2v) is 7.31. The number of methoxy groups -OCH3 is 1. The summed E-state index contributed by atoms with van der Waals surface area (Å²) in [6.45, 7) is 10.8. The van der Waals surface area contributed by atoms with Crippen molar-refractivity contribution < 1.29 is 4.74 Å². The molecule has 0 amide bonds. The van der Waals surface area contributed by atoms with Crippen molar-refractivity contribution in [2.75, 3.05) is 53.9 Å². The Morgan fingerprint density at radius 2 is 1.89 bits per heavy atom. The third kappa shape index (κ3) is 7.83. The van der Waals surface area contributed by atoms with E-state index >= 15 is 0 Å². The lowest BCUT2D eigenvalue weighted by molar-refractivity contribution is 0.0900. The third-order valence-electron chi connectivity index (χ3n) is 5.07. The Balaban J connectivity index is 0.00000364. The second kappa shape index (κ2) is 12.4. The van der Waals surface area contributed by atoms with Gasteiger partial charge in [-0.2, -0.15) is 0 Å². The first-order valence-corrected chi connectivity index (χ1v) is 9.53. The highest BCUT2D eigenvalue weighted by molar-refractivity contribution is 14.0. The van der Waals surface area contributed by atoms with E-state index in [0.29, 0.717) is 12.0 Å². The Kier molecular flexibility index (Phi) is 11.0. The van der Waals surface area contributed by atoms with E-state index in [0.717, 1.165) is 51.0 Å². The number of aliphatic imine (C=N–C) groups is 1. The molecule has 2 rings (SSSR count). The van der Waals surface area contributed by atoms with Crippen molar-refractivity contribution in [2.24, 2.45) is 10.9 Å². The van der Waals surface area contributed by atoms with Crippen LogP contribution in [0.1, 0.15) is 19.4 Å². The number of nitrogens with zero attached hydrogens (tertiary/aromatic N) is 3. The lowest BCUT2D eigenvalue weighted by atomic mass is 10.0. The quantitative estimate of drug-likeness (QED) is 0.350. The van der Waals surface area contributed by atoms with Crippen LogP contribution in [0.4, 0.5) is 0 Å². The van der Waals surface area contributed by atoms with Crippen LogP contribution >= 0.6 is 24.0 Å². The van der Waals surface area contributed by atoms with Crippen molar-refractivity contribution in [3.63, 3.8) is 0 Å². The number of piperazine rings is 1. The second-order valence-electron chi connectivity index (χ2n) is 7.31. The zero-order valence-corrected chi connectivity index (χ0v) is 19.7. The molecule has 1 fully saturated rings. The van der Waals surface area contributed by atoms with Crippen molar-refractivity contribution in [2.45, 2.75) is 26.4 Å². The number of ether oxygens (including phenoxy) is 1. The highest BCUT2D eigenvalue weighted by atomic mass is 127. The lowest BCUT2D eigenvalue weighted by Crippen LogP contribution is -2.55. The Hall–Kier alpha value is -1.06. The molecule has 6 nitrogen and oxygen atoms in total. The van der Waals surface area contributed by atoms with Gasteiger partial charge in [-0.1, -0.05) is 26.0 Å². The molecule has 1 heterocycles. The fraction of sp³-hybridized carbons (Fsp3) is 0.650. The number of hydrogen-bond donors (Lipinski definition) is 2. The van der Waals surface area contributed by atoms with Crippen LogP contribution in [-0.2, 0) is 6.54 Å². The molecule has 0 radical (unpaired) electrons. The summed E-state index contributed by atoms with van der Waals surface area (Å²) in [5, 5.41) is 6.91. The predicted octanol–water partition coefficient (Wildman–Crippen LogP) is 2.25. The summed E-state index contributed by atoms with van der Waals surface area (Å²) in [6.07, 6.45) is 0. The van der Waals surface area contributed by atoms with Gasteiger partial charge in [0.25, 0.3) is 0 Å². The number of likely N-dealkylation sites (N-methyl/N-ethyl adjacent to an activating group) is 1. The fourth-order valence-electron chi connectivity index (χ4n) is 3.33. The third-order valence-corrected chi connectivity index (χ3v) is 5.07. The van der Waals surface area contributed by atoms with Crippen LogP contribution in [0.15, 0.2) is 29.3 Å². The van der Waals surface area contributed by atoms with E-state index in [2.05, 4.69) is 52.4 Å². The molecule has 0 bridgehead atoms. The van der Waals surface area contributed by atoms with E-state index < -0.39 is 0 Å². The van der Waals surface area contributed by atoms with Crippen LogP contribution in [0.25, 0.3) is 0 Å². The number of halogens is 1. The molecule has 1 saturated heterocycles. The zero-order valence-electron chi connectivity index (χ0n) is 17.4. The average Bonchev–Trinajstić information content (AvgIpc) is 2.65. The first-order valence-electron chi connectivity index (χ1n) is 9.53. The number of hydrogen-bond acceptors (Lipinski definition) is 4. The molecule has 0 spiro atoms. The summed E-state index contributed by atoms with van der Waals surface area (Å²) in [6, 6.07) is 8.61. The zero-order chi connectivity index (χ0) is 18.9. The van der Waals surface area contributed by atoms with E-state index in [9.17, 15) is 0 Å². The van der Waals surface area contributed by atoms with Crippen molar-refractivity contribution in [3.05, 3.63) is 29.8 Å². The van der Waals surface area contributed by atoms with Gasteiger partial charge >= 0.3 is 0 Å². The van der Waals surface area contributed by atoms with Crippen LogP contribution < -0.4 is 15.4 Å². The highest BCUT2D eigenvalue weighted by Gasteiger charge is 2.24. The van der Waals surface area contributed by atoms with Gasteiger partial charge in [0.15, 0.2) is 5.96 Å². The van der Waals surface area contributed by atoms with Gasteiger partial charge in [0.1, 0.15) is 5.75 Å². The molecule has 1 atom stereocenters. The largest absolute Gasteiger partial charge is 0.497 e. The molecular weight excluding hydrogens is 453 g/mol. The standard InChI is InChI=1S/C20H35N5O.HI/c1-16(2)19(25-11-9-24(4)10-12-25)15-23-20(21-3)22-14-17-7-6-8-18(13-17)26-5;/h6-8,13,16,19H,9-12,14-15H2,1-5H3,(H2,21,22,23);1H. The van der Waals surface area contributed by atoms with Gasteiger partial charge < -0.3 is 20.3 Å². The van der Waals surface area contributed by atoms with Gasteiger partial charge in [0.2, 0.25) is 0 Å². The Morgan fingerprint density at radius 1 is 1.19 bits per heavy atom. The summed E-state index contributed by atoms with van der Waals surface area (Å²) in [7, 11) is 5.71. The molecule has 1 aliphatic rings. The number of benzene rings is 1. The van der Waals surface area contributed by atoms with Crippen LogP contribution in [0.5, 0.6) is 5.75 Å². The van der Waals surface area contributed by atoms with Gasteiger partial charge in [-0.05, 0) is 30.7 Å². The minimum Gasteiger partial charge on any atom is -0.497 e. The summed E-state index contributed by atoms with van der Waals surface area (Å²) < 4.78 is 5.29. The van der Waals surface area contributed by atoms with Gasteiger partial charge in [-0.3, -0.25) is 9.89 Å². The number of nitrogens with one attached hydrogen (secondary N) is 2. The molecule has 1 aromatic rings. The molecule has 154 valence electrons. The molecule has 2 N–H and O–H groups in total. The normalized spacial score (nSPS) is 17.3. The molecule has 27 heavy (non-hydrogen) atoms. The van der Waals surface area contributed by atoms with Gasteiger partial charge in [0, 0.05) is 52.4 Å². The summed E-state index contributed by atoms with van der Waals surface area (Å²) in [4.78, 5) is 9.37. The van der Waals surface area contributed by atoms with Gasteiger partial charge in [0.05, 0.1) is 7.11 Å². The first kappa shape index (κ1) is 24.0. The van der Waals surface area contributed by atoms with Crippen molar-refractivity contribution in [1.82, 2.24) is 20.4 Å². The van der Waals surface area contributed by atoms with E-state index in [4.69, 9.17) is 4.74 Å². The lowest BCUT2D eigenvalue weighted by Gasteiger charge is -2.40. The molecular formula is C20H36IN5O. The molecule has 0 saturated carbocycles. The fourth-order valence-corrected chi connectivity index (χ4v) is 3.33.